The summed E-state index contributed by atoms with van der Waals surface area (Å²) in [5.41, 5.74) is 6.07. The Morgan fingerprint density at radius 1 is 0.382 bits per heavy atom. The van der Waals surface area contributed by atoms with E-state index in [1.54, 1.807) is 0 Å². The number of fused-ring (bicyclic) bond motifs is 6. The molecule has 0 spiro atoms. The fraction of sp³-hybridized carbons (Fsp3) is 0. The van der Waals surface area contributed by atoms with Gasteiger partial charge in [-0.25, -0.2) is 0 Å². The first-order chi connectivity index (χ1) is 16.9. The molecule has 0 N–H and O–H groups in total. The summed E-state index contributed by atoms with van der Waals surface area (Å²) >= 11 is 0. The number of aromatic nitrogens is 1. The largest absolute Gasteiger partial charge is 0.219 e. The summed E-state index contributed by atoms with van der Waals surface area (Å²) in [5, 5.41) is 7.62. The summed E-state index contributed by atoms with van der Waals surface area (Å²) in [5.74, 6) is 0. The summed E-state index contributed by atoms with van der Waals surface area (Å²) in [7, 11) is 0. The van der Waals surface area contributed by atoms with Crippen molar-refractivity contribution in [2.45, 2.75) is 0 Å². The highest BCUT2D eigenvalue weighted by molar-refractivity contribution is 6.13. The van der Waals surface area contributed by atoms with Crippen LogP contribution in [0.2, 0.25) is 0 Å². The molecule has 0 aliphatic rings. The van der Waals surface area contributed by atoms with Crippen molar-refractivity contribution in [3.8, 4) is 22.5 Å². The van der Waals surface area contributed by atoms with Crippen LogP contribution in [-0.2, 0) is 0 Å². The van der Waals surface area contributed by atoms with E-state index in [4.69, 9.17) is 0 Å². The molecule has 0 fully saturated rings. The van der Waals surface area contributed by atoms with Gasteiger partial charge >= 0.3 is 0 Å². The summed E-state index contributed by atoms with van der Waals surface area (Å²) in [6.07, 6.45) is 0. The third-order valence-electron chi connectivity index (χ3n) is 6.87. The molecule has 0 saturated carbocycles. The Balaban J connectivity index is 1.69. The minimum Gasteiger partial charge on any atom is -0.152 e. The first-order valence-corrected chi connectivity index (χ1v) is 11.7. The lowest BCUT2D eigenvalue weighted by Gasteiger charge is -2.12. The topological polar surface area (TPSA) is 4.10 Å². The normalized spacial score (nSPS) is 11.5. The van der Waals surface area contributed by atoms with Gasteiger partial charge in [-0.15, -0.1) is 0 Å². The first kappa shape index (κ1) is 19.0. The molecule has 34 heavy (non-hydrogen) atoms. The minimum absolute atomic E-state index is 1.20. The molecule has 7 rings (SSSR count). The zero-order valence-electron chi connectivity index (χ0n) is 18.6. The molecular weight excluding hydrogens is 410 g/mol. The lowest BCUT2D eigenvalue weighted by molar-refractivity contribution is -0.485. The van der Waals surface area contributed by atoms with E-state index in [-0.39, 0.29) is 0 Å². The molecule has 0 saturated heterocycles. The van der Waals surface area contributed by atoms with Gasteiger partial charge in [0.05, 0.1) is 10.9 Å². The zero-order chi connectivity index (χ0) is 22.5. The van der Waals surface area contributed by atoms with E-state index in [0.717, 1.165) is 0 Å². The average Bonchev–Trinajstić information content (AvgIpc) is 2.92. The first-order valence-electron chi connectivity index (χ1n) is 11.7. The van der Waals surface area contributed by atoms with E-state index in [9.17, 15) is 0 Å². The number of pyridine rings is 2. The Bertz CT molecular complexity index is 1850. The molecule has 0 aliphatic carbocycles. The Morgan fingerprint density at radius 3 is 1.79 bits per heavy atom. The molecule has 2 heterocycles. The quantitative estimate of drug-likeness (QED) is 0.191. The van der Waals surface area contributed by atoms with Crippen LogP contribution in [0, 0.1) is 0 Å². The van der Waals surface area contributed by atoms with Crippen LogP contribution < -0.4 is 4.40 Å². The molecule has 0 amide bonds. The second kappa shape index (κ2) is 7.54. The van der Waals surface area contributed by atoms with Crippen molar-refractivity contribution in [1.29, 1.82) is 0 Å². The number of nitrogens with zero attached hydrogens (tertiary/aromatic N) is 1. The average molecular weight is 433 g/mol. The van der Waals surface area contributed by atoms with Gasteiger partial charge in [-0.05, 0) is 57.3 Å². The SMILES string of the molecule is c1ccc(-c2cc3ccccc3c3cccc(-c4cc5ccccc5c5ccccc45)[n+]23)cc1. The van der Waals surface area contributed by atoms with Crippen molar-refractivity contribution in [3.05, 3.63) is 133 Å². The van der Waals surface area contributed by atoms with Crippen molar-refractivity contribution in [2.24, 2.45) is 0 Å². The van der Waals surface area contributed by atoms with Crippen molar-refractivity contribution in [3.63, 3.8) is 0 Å². The smallest absolute Gasteiger partial charge is 0.152 e. The minimum atomic E-state index is 1.20. The van der Waals surface area contributed by atoms with Crippen LogP contribution in [0.25, 0.3) is 60.3 Å². The fourth-order valence-electron chi connectivity index (χ4n) is 5.34. The third-order valence-corrected chi connectivity index (χ3v) is 6.87. The van der Waals surface area contributed by atoms with Crippen LogP contribution >= 0.6 is 0 Å². The molecular formula is C33H22N+. The molecule has 158 valence electrons. The van der Waals surface area contributed by atoms with Gasteiger partial charge < -0.3 is 0 Å². The summed E-state index contributed by atoms with van der Waals surface area (Å²) < 4.78 is 2.44. The second-order valence-corrected chi connectivity index (χ2v) is 8.81. The van der Waals surface area contributed by atoms with Crippen LogP contribution in [0.4, 0.5) is 0 Å². The lowest BCUT2D eigenvalue weighted by Crippen LogP contribution is -2.28. The van der Waals surface area contributed by atoms with E-state index in [1.165, 1.54) is 60.3 Å². The molecule has 0 aliphatic heterocycles. The fourth-order valence-corrected chi connectivity index (χ4v) is 5.34. The highest BCUT2D eigenvalue weighted by Crippen LogP contribution is 2.35. The summed E-state index contributed by atoms with van der Waals surface area (Å²) in [4.78, 5) is 0. The predicted molar refractivity (Wildman–Crippen MR) is 143 cm³/mol. The zero-order valence-corrected chi connectivity index (χ0v) is 18.6. The maximum atomic E-state index is 2.44. The Morgan fingerprint density at radius 2 is 1.00 bits per heavy atom. The van der Waals surface area contributed by atoms with Crippen molar-refractivity contribution in [2.75, 3.05) is 0 Å². The monoisotopic (exact) mass is 432 g/mol. The van der Waals surface area contributed by atoms with E-state index in [2.05, 4.69) is 138 Å². The highest BCUT2D eigenvalue weighted by atomic mass is 14.9. The highest BCUT2D eigenvalue weighted by Gasteiger charge is 2.23. The molecule has 0 unspecified atom stereocenters. The van der Waals surface area contributed by atoms with Gasteiger partial charge in [0.25, 0.3) is 0 Å². The Hall–Kier alpha value is -4.49. The van der Waals surface area contributed by atoms with E-state index < -0.39 is 0 Å². The maximum Gasteiger partial charge on any atom is 0.219 e. The molecule has 7 aromatic rings. The van der Waals surface area contributed by atoms with Crippen LogP contribution in [0.5, 0.6) is 0 Å². The van der Waals surface area contributed by atoms with Gasteiger partial charge in [0.1, 0.15) is 0 Å². The van der Waals surface area contributed by atoms with Crippen LogP contribution in [0.3, 0.4) is 0 Å². The molecule has 1 nitrogen and oxygen atoms in total. The van der Waals surface area contributed by atoms with Crippen LogP contribution in [-0.4, -0.2) is 0 Å². The van der Waals surface area contributed by atoms with Gasteiger partial charge in [0.2, 0.25) is 16.9 Å². The number of benzene rings is 5. The Kier molecular flexibility index (Phi) is 4.22. The number of rotatable bonds is 2. The van der Waals surface area contributed by atoms with Gasteiger partial charge in [-0.2, -0.15) is 4.40 Å². The molecule has 0 radical (unpaired) electrons. The summed E-state index contributed by atoms with van der Waals surface area (Å²) in [6.45, 7) is 0. The third kappa shape index (κ3) is 2.84. The predicted octanol–water partition coefficient (Wildman–Crippen LogP) is 8.22. The van der Waals surface area contributed by atoms with Crippen molar-refractivity contribution < 1.29 is 4.40 Å². The standard InChI is InChI=1S/C33H22N/c1-2-11-23(12-3-1)33-22-25-14-5-7-16-27(25)31-19-10-20-32(34(31)33)30-21-24-13-4-6-15-26(24)28-17-8-9-18-29(28)30/h1-22H/q+1. The number of hydrogen-bond donors (Lipinski definition) is 0. The van der Waals surface area contributed by atoms with Crippen LogP contribution in [0.15, 0.2) is 133 Å². The van der Waals surface area contributed by atoms with Gasteiger partial charge in [-0.1, -0.05) is 84.9 Å². The summed E-state index contributed by atoms with van der Waals surface area (Å²) in [6, 6.07) is 48.2. The Labute approximate surface area is 198 Å². The van der Waals surface area contributed by atoms with E-state index in [1.807, 2.05) is 0 Å². The number of hydrogen-bond acceptors (Lipinski definition) is 0. The second-order valence-electron chi connectivity index (χ2n) is 8.81. The maximum absolute atomic E-state index is 2.44. The van der Waals surface area contributed by atoms with Gasteiger partial charge in [0, 0.05) is 23.8 Å². The molecule has 0 atom stereocenters. The molecule has 1 heteroatoms. The molecule has 0 bridgehead atoms. The van der Waals surface area contributed by atoms with Gasteiger partial charge in [0.15, 0.2) is 0 Å². The molecule has 2 aromatic heterocycles. The molecule has 5 aromatic carbocycles. The van der Waals surface area contributed by atoms with E-state index >= 15 is 0 Å². The van der Waals surface area contributed by atoms with E-state index in [0.29, 0.717) is 0 Å². The van der Waals surface area contributed by atoms with Gasteiger partial charge in [-0.3, -0.25) is 0 Å². The van der Waals surface area contributed by atoms with Crippen molar-refractivity contribution >= 4 is 37.8 Å². The van der Waals surface area contributed by atoms with Crippen LogP contribution in [0.1, 0.15) is 0 Å². The van der Waals surface area contributed by atoms with Crippen molar-refractivity contribution in [1.82, 2.24) is 0 Å². The lowest BCUT2D eigenvalue weighted by atomic mass is 9.94.